The zero-order chi connectivity index (χ0) is 4.99. The highest BCUT2D eigenvalue weighted by Crippen LogP contribution is 2.05. The summed E-state index contributed by atoms with van der Waals surface area (Å²) in [7, 11) is -1.48. The fourth-order valence-corrected chi connectivity index (χ4v) is 0.750. The summed E-state index contributed by atoms with van der Waals surface area (Å²) in [6.45, 7) is 0. The fourth-order valence-electron chi connectivity index (χ4n) is 0.0833. The molecular weight excluding hydrogens is 120 g/mol. The van der Waals surface area contributed by atoms with Crippen LogP contribution in [-0.4, -0.2) is 12.0 Å². The van der Waals surface area contributed by atoms with Crippen molar-refractivity contribution in [3.8, 4) is 0 Å². The summed E-state index contributed by atoms with van der Waals surface area (Å²) in [5, 5.41) is 0. The quantitative estimate of drug-likeness (QED) is 0.442. The Labute approximate surface area is 42.5 Å². The van der Waals surface area contributed by atoms with Crippen LogP contribution in [-0.2, 0) is 4.57 Å². The van der Waals surface area contributed by atoms with E-state index in [1.807, 2.05) is 0 Å². The Morgan fingerprint density at radius 2 is 2.33 bits per heavy atom. The zero-order valence-electron chi connectivity index (χ0n) is 3.22. The van der Waals surface area contributed by atoms with Gasteiger partial charge in [-0.15, -0.1) is 17.1 Å². The average molecular weight is 127 g/mol. The maximum Gasteiger partial charge on any atom is 0.430 e. The van der Waals surface area contributed by atoms with Crippen LogP contribution < -0.4 is 5.50 Å². The van der Waals surface area contributed by atoms with Gasteiger partial charge in [0, 0.05) is 0 Å². The Balaban J connectivity index is 2.83. The van der Waals surface area contributed by atoms with Crippen LogP contribution in [0.25, 0.3) is 0 Å². The Kier molecular flexibility index (Phi) is 3.74. The van der Waals surface area contributed by atoms with E-state index in [9.17, 15) is 4.57 Å². The van der Waals surface area contributed by atoms with Gasteiger partial charge in [-0.1, -0.05) is 4.57 Å². The summed E-state index contributed by atoms with van der Waals surface area (Å²) in [6.07, 6.45) is 0.427. The molecule has 1 unspecified atom stereocenters. The summed E-state index contributed by atoms with van der Waals surface area (Å²) in [5.41, 5.74) is 4.83. The van der Waals surface area contributed by atoms with E-state index in [-0.39, 0.29) is 0 Å². The van der Waals surface area contributed by atoms with E-state index in [1.54, 1.807) is 0 Å². The van der Waals surface area contributed by atoms with Crippen LogP contribution in [0.3, 0.4) is 0 Å². The number of halogens is 1. The van der Waals surface area contributed by atoms with Gasteiger partial charge in [-0.25, -0.2) is 0 Å². The summed E-state index contributed by atoms with van der Waals surface area (Å²) < 4.78 is 9.89. The molecule has 0 heterocycles. The normalized spacial score (nSPS) is 11.3. The molecule has 36 valence electrons. The van der Waals surface area contributed by atoms with Crippen molar-refractivity contribution in [3.05, 3.63) is 0 Å². The Morgan fingerprint density at radius 3 is 2.33 bits per heavy atom. The minimum Gasteiger partial charge on any atom is -0.122 e. The highest BCUT2D eigenvalue weighted by molar-refractivity contribution is 7.42. The van der Waals surface area contributed by atoms with E-state index in [0.29, 0.717) is 12.0 Å². The molecule has 0 aromatic carbocycles. The predicted molar refractivity (Wildman–Crippen MR) is 27.4 cm³/mol. The minimum atomic E-state index is -1.48. The lowest BCUT2D eigenvalue weighted by atomic mass is 11.0. The molecule has 0 amide bonds. The van der Waals surface area contributed by atoms with Crippen LogP contribution in [0.4, 0.5) is 0 Å². The Morgan fingerprint density at radius 1 is 1.83 bits per heavy atom. The lowest BCUT2D eigenvalue weighted by molar-refractivity contribution is 0.589. The van der Waals surface area contributed by atoms with Gasteiger partial charge in [0.1, 0.15) is 0 Å². The Hall–Kier alpha value is 0.350. The van der Waals surface area contributed by atoms with E-state index in [0.717, 1.165) is 0 Å². The first kappa shape index (κ1) is 6.35. The third-order valence-corrected chi connectivity index (χ3v) is 1.42. The van der Waals surface area contributed by atoms with Gasteiger partial charge in [-0.05, 0) is 0 Å². The van der Waals surface area contributed by atoms with Crippen LogP contribution in [0.15, 0.2) is 0 Å². The smallest absolute Gasteiger partial charge is 0.122 e. The molecule has 0 spiro atoms. The van der Waals surface area contributed by atoms with E-state index in [4.69, 9.17) is 17.1 Å². The zero-order valence-corrected chi connectivity index (χ0v) is 4.88. The third-order valence-electron chi connectivity index (χ3n) is 0.305. The van der Waals surface area contributed by atoms with Crippen LogP contribution in [0, 0.1) is 0 Å². The van der Waals surface area contributed by atoms with Crippen molar-refractivity contribution >= 4 is 19.6 Å². The van der Waals surface area contributed by atoms with E-state index < -0.39 is 7.95 Å². The largest absolute Gasteiger partial charge is 0.430 e. The maximum absolute atomic E-state index is 9.89. The fraction of sp³-hybridized carbons (Fsp3) is 1.00. The van der Waals surface area contributed by atoms with Gasteiger partial charge in [0.2, 0.25) is 0 Å². The number of nitrogens with two attached hydrogens (primary N) is 1. The van der Waals surface area contributed by atoms with Crippen molar-refractivity contribution in [2.75, 3.05) is 12.0 Å². The number of alkyl halides is 1. The molecular formula is C2H6ClNOP+. The molecule has 0 aliphatic carbocycles. The van der Waals surface area contributed by atoms with Crippen molar-refractivity contribution in [2.24, 2.45) is 5.50 Å². The SMILES string of the molecule is N[P+](=O)CCCl. The van der Waals surface area contributed by atoms with Crippen LogP contribution >= 0.6 is 19.6 Å². The molecule has 0 rings (SSSR count). The van der Waals surface area contributed by atoms with Gasteiger partial charge in [0.15, 0.2) is 6.16 Å². The maximum atomic E-state index is 9.89. The molecule has 0 radical (unpaired) electrons. The van der Waals surface area contributed by atoms with E-state index in [2.05, 4.69) is 0 Å². The molecule has 0 fully saturated rings. The standard InChI is InChI=1S/C2H6ClNOP/c3-1-2-6(4)5/h1-2H2,(H2,4,5)/q+1. The van der Waals surface area contributed by atoms with E-state index >= 15 is 0 Å². The van der Waals surface area contributed by atoms with E-state index in [1.165, 1.54) is 0 Å². The first-order valence-corrected chi connectivity index (χ1v) is 3.57. The summed E-state index contributed by atoms with van der Waals surface area (Å²) >= 11 is 5.13. The highest BCUT2D eigenvalue weighted by Gasteiger charge is 2.01. The molecule has 2 nitrogen and oxygen atoms in total. The summed E-state index contributed by atoms with van der Waals surface area (Å²) in [4.78, 5) is 0. The third kappa shape index (κ3) is 4.35. The second kappa shape index (κ2) is 3.54. The predicted octanol–water partition coefficient (Wildman–Crippen LogP) is 0.926. The van der Waals surface area contributed by atoms with Gasteiger partial charge in [0.25, 0.3) is 0 Å². The number of hydrogen-bond acceptors (Lipinski definition) is 1. The first-order valence-electron chi connectivity index (χ1n) is 1.52. The minimum absolute atomic E-state index is 0.395. The van der Waals surface area contributed by atoms with Crippen molar-refractivity contribution in [2.45, 2.75) is 0 Å². The van der Waals surface area contributed by atoms with Crippen molar-refractivity contribution in [1.82, 2.24) is 0 Å². The lowest BCUT2D eigenvalue weighted by Gasteiger charge is -1.65. The van der Waals surface area contributed by atoms with Crippen LogP contribution in [0.1, 0.15) is 0 Å². The molecule has 0 aliphatic heterocycles. The molecule has 2 N–H and O–H groups in total. The van der Waals surface area contributed by atoms with Gasteiger partial charge in [-0.3, -0.25) is 0 Å². The lowest BCUT2D eigenvalue weighted by Crippen LogP contribution is -1.84. The van der Waals surface area contributed by atoms with Crippen molar-refractivity contribution in [3.63, 3.8) is 0 Å². The van der Waals surface area contributed by atoms with Gasteiger partial charge < -0.3 is 0 Å². The molecule has 1 atom stereocenters. The highest BCUT2D eigenvalue weighted by atomic mass is 35.5. The molecule has 0 aromatic heterocycles. The Bertz CT molecular complexity index is 57.5. The monoisotopic (exact) mass is 126 g/mol. The molecule has 0 aliphatic rings. The molecule has 0 aromatic rings. The van der Waals surface area contributed by atoms with Gasteiger partial charge in [0.05, 0.1) is 5.88 Å². The summed E-state index contributed by atoms with van der Waals surface area (Å²) in [6, 6.07) is 0. The molecule has 0 bridgehead atoms. The van der Waals surface area contributed by atoms with Gasteiger partial charge >= 0.3 is 7.95 Å². The number of rotatable bonds is 2. The molecule has 0 saturated carbocycles. The second-order valence-corrected chi connectivity index (χ2v) is 2.49. The molecule has 6 heavy (non-hydrogen) atoms. The first-order chi connectivity index (χ1) is 2.77. The molecule has 4 heteroatoms. The number of hydrogen-bond donors (Lipinski definition) is 1. The van der Waals surface area contributed by atoms with Gasteiger partial charge in [-0.2, -0.15) is 0 Å². The summed E-state index contributed by atoms with van der Waals surface area (Å²) in [5.74, 6) is 0.395. The van der Waals surface area contributed by atoms with Crippen molar-refractivity contribution < 1.29 is 4.57 Å². The van der Waals surface area contributed by atoms with Crippen LogP contribution in [0.5, 0.6) is 0 Å². The topological polar surface area (TPSA) is 43.1 Å². The van der Waals surface area contributed by atoms with Crippen LogP contribution in [0.2, 0.25) is 0 Å². The molecule has 0 saturated heterocycles. The average Bonchev–Trinajstić information content (AvgIpc) is 1.35. The second-order valence-electron chi connectivity index (χ2n) is 0.830. The van der Waals surface area contributed by atoms with Crippen molar-refractivity contribution in [1.29, 1.82) is 0 Å².